The Hall–Kier alpha value is -2.97. The van der Waals surface area contributed by atoms with Crippen LogP contribution in [0.15, 0.2) is 42.5 Å². The first-order chi connectivity index (χ1) is 12.7. The van der Waals surface area contributed by atoms with Gasteiger partial charge < -0.3 is 20.3 Å². The van der Waals surface area contributed by atoms with Crippen molar-refractivity contribution in [1.82, 2.24) is 19.9 Å². The number of amides is 1. The van der Waals surface area contributed by atoms with Gasteiger partial charge in [0.15, 0.2) is 5.13 Å². The van der Waals surface area contributed by atoms with Crippen LogP contribution in [-0.4, -0.2) is 38.7 Å². The average Bonchev–Trinajstić information content (AvgIpc) is 3.20. The third-order valence-corrected chi connectivity index (χ3v) is 4.99. The molecule has 2 aromatic heterocycles. The number of carbonyl (C=O) groups excluding carboxylic acids is 1. The number of fused-ring (bicyclic) bond motifs is 2. The topological polar surface area (TPSA) is 92.1 Å². The van der Waals surface area contributed by atoms with E-state index in [0.29, 0.717) is 16.6 Å². The zero-order chi connectivity index (χ0) is 18.1. The highest BCUT2D eigenvalue weighted by Gasteiger charge is 2.12. The first kappa shape index (κ1) is 16.5. The molecule has 0 aliphatic carbocycles. The highest BCUT2D eigenvalue weighted by atomic mass is 32.1. The summed E-state index contributed by atoms with van der Waals surface area (Å²) in [6, 6.07) is 13.3. The van der Waals surface area contributed by atoms with Crippen LogP contribution in [-0.2, 0) is 7.05 Å². The molecule has 0 fully saturated rings. The van der Waals surface area contributed by atoms with Gasteiger partial charge in [-0.15, -0.1) is 0 Å². The lowest BCUT2D eigenvalue weighted by molar-refractivity contribution is 0.0945. The largest absolute Gasteiger partial charge is 0.395 e. The number of para-hydroxylation sites is 2. The fourth-order valence-corrected chi connectivity index (χ4v) is 3.64. The minimum atomic E-state index is -0.209. The van der Waals surface area contributed by atoms with Crippen LogP contribution in [0.1, 0.15) is 10.4 Å². The Morgan fingerprint density at radius 1 is 1.19 bits per heavy atom. The molecule has 0 aliphatic heterocycles. The minimum Gasteiger partial charge on any atom is -0.395 e. The van der Waals surface area contributed by atoms with Gasteiger partial charge in [0.05, 0.1) is 27.9 Å². The Balaban J connectivity index is 1.62. The number of hydrogen-bond acceptors (Lipinski definition) is 6. The maximum atomic E-state index is 12.0. The van der Waals surface area contributed by atoms with Crippen LogP contribution in [0.3, 0.4) is 0 Å². The molecule has 8 heteroatoms. The first-order valence-electron chi connectivity index (χ1n) is 8.14. The number of hydrogen-bond donors (Lipinski definition) is 3. The van der Waals surface area contributed by atoms with E-state index >= 15 is 0 Å². The van der Waals surface area contributed by atoms with E-state index in [1.54, 1.807) is 12.1 Å². The Kier molecular flexibility index (Phi) is 4.27. The van der Waals surface area contributed by atoms with Gasteiger partial charge >= 0.3 is 0 Å². The number of rotatable bonds is 5. The molecule has 4 rings (SSSR count). The number of thiazole rings is 1. The lowest BCUT2D eigenvalue weighted by atomic mass is 10.2. The molecule has 0 aliphatic rings. The van der Waals surface area contributed by atoms with E-state index in [-0.39, 0.29) is 19.1 Å². The molecule has 2 heterocycles. The molecule has 0 radical (unpaired) electrons. The number of aromatic nitrogens is 3. The summed E-state index contributed by atoms with van der Waals surface area (Å²) in [7, 11) is 1.95. The van der Waals surface area contributed by atoms with E-state index in [1.807, 2.05) is 41.9 Å². The molecule has 2 aromatic carbocycles. The van der Waals surface area contributed by atoms with Crippen molar-refractivity contribution in [3.05, 3.63) is 48.0 Å². The number of aliphatic hydroxyl groups is 1. The summed E-state index contributed by atoms with van der Waals surface area (Å²) in [6.45, 7) is 0.152. The molecule has 1 amide bonds. The molecule has 132 valence electrons. The second-order valence-electron chi connectivity index (χ2n) is 5.79. The number of aliphatic hydroxyl groups excluding tert-OH is 1. The van der Waals surface area contributed by atoms with Crippen molar-refractivity contribution in [3.63, 3.8) is 0 Å². The number of nitrogens with zero attached hydrogens (tertiary/aromatic N) is 3. The molecule has 0 saturated carbocycles. The smallest absolute Gasteiger partial charge is 0.251 e. The lowest BCUT2D eigenvalue weighted by Crippen LogP contribution is -2.26. The summed E-state index contributed by atoms with van der Waals surface area (Å²) in [5.74, 6) is 0.505. The van der Waals surface area contributed by atoms with Crippen molar-refractivity contribution in [2.75, 3.05) is 18.5 Å². The van der Waals surface area contributed by atoms with E-state index in [9.17, 15) is 4.79 Å². The van der Waals surface area contributed by atoms with Crippen molar-refractivity contribution in [2.24, 2.45) is 7.05 Å². The van der Waals surface area contributed by atoms with Gasteiger partial charge in [0.1, 0.15) is 0 Å². The van der Waals surface area contributed by atoms with Crippen LogP contribution in [0.4, 0.5) is 11.1 Å². The van der Waals surface area contributed by atoms with E-state index < -0.39 is 0 Å². The van der Waals surface area contributed by atoms with Gasteiger partial charge in [-0.2, -0.15) is 0 Å². The van der Waals surface area contributed by atoms with Gasteiger partial charge in [-0.3, -0.25) is 4.79 Å². The minimum absolute atomic E-state index is 0.0827. The molecule has 0 atom stereocenters. The monoisotopic (exact) mass is 367 g/mol. The third kappa shape index (κ3) is 3.00. The average molecular weight is 367 g/mol. The predicted molar refractivity (Wildman–Crippen MR) is 103 cm³/mol. The van der Waals surface area contributed by atoms with Crippen LogP contribution in [0.2, 0.25) is 0 Å². The summed E-state index contributed by atoms with van der Waals surface area (Å²) in [4.78, 5) is 21.2. The highest BCUT2D eigenvalue weighted by molar-refractivity contribution is 7.22. The number of aryl methyl sites for hydroxylation is 1. The Labute approximate surface area is 153 Å². The molecule has 0 saturated heterocycles. The second-order valence-corrected chi connectivity index (χ2v) is 6.82. The zero-order valence-electron chi connectivity index (χ0n) is 14.1. The van der Waals surface area contributed by atoms with Gasteiger partial charge in [0.25, 0.3) is 5.91 Å². The molecule has 4 aromatic rings. The van der Waals surface area contributed by atoms with Crippen molar-refractivity contribution in [3.8, 4) is 0 Å². The van der Waals surface area contributed by atoms with Crippen molar-refractivity contribution < 1.29 is 9.90 Å². The summed E-state index contributed by atoms with van der Waals surface area (Å²) in [5.41, 5.74) is 3.32. The van der Waals surface area contributed by atoms with E-state index in [1.165, 1.54) is 11.3 Å². The van der Waals surface area contributed by atoms with Crippen LogP contribution >= 0.6 is 11.3 Å². The summed E-state index contributed by atoms with van der Waals surface area (Å²) >= 11 is 1.46. The first-order valence-corrected chi connectivity index (χ1v) is 8.95. The zero-order valence-corrected chi connectivity index (χ0v) is 14.9. The molecule has 3 N–H and O–H groups in total. The maximum Gasteiger partial charge on any atom is 0.251 e. The number of anilines is 2. The van der Waals surface area contributed by atoms with Gasteiger partial charge in [-0.25, -0.2) is 9.97 Å². The highest BCUT2D eigenvalue weighted by Crippen LogP contribution is 2.29. The van der Waals surface area contributed by atoms with Crippen molar-refractivity contribution >= 4 is 49.6 Å². The third-order valence-electron chi connectivity index (χ3n) is 4.05. The number of nitrogens with one attached hydrogen (secondary N) is 2. The van der Waals surface area contributed by atoms with Crippen LogP contribution in [0, 0.1) is 0 Å². The number of benzene rings is 2. The van der Waals surface area contributed by atoms with Gasteiger partial charge in [-0.1, -0.05) is 23.5 Å². The molecular weight excluding hydrogens is 350 g/mol. The van der Waals surface area contributed by atoms with E-state index in [0.717, 1.165) is 21.3 Å². The standard InChI is InChI=1S/C18H17N5O2S/c1-23-14-5-3-2-4-12(14)20-17(23)22-18-21-13-7-6-11(10-15(13)26-18)16(25)19-8-9-24/h2-7,10,24H,8-9H2,1H3,(H,19,25)(H,20,21,22). The molecule has 0 spiro atoms. The Morgan fingerprint density at radius 2 is 2.04 bits per heavy atom. The van der Waals surface area contributed by atoms with E-state index in [2.05, 4.69) is 20.6 Å². The molecule has 0 unspecified atom stereocenters. The molecular formula is C18H17N5O2S. The summed E-state index contributed by atoms with van der Waals surface area (Å²) in [6.07, 6.45) is 0. The fraction of sp³-hybridized carbons (Fsp3) is 0.167. The normalized spacial score (nSPS) is 11.2. The molecule has 26 heavy (non-hydrogen) atoms. The summed E-state index contributed by atoms with van der Waals surface area (Å²) < 4.78 is 2.89. The Bertz CT molecular complexity index is 1100. The van der Waals surface area contributed by atoms with Crippen molar-refractivity contribution in [1.29, 1.82) is 0 Å². The van der Waals surface area contributed by atoms with Crippen LogP contribution in [0.5, 0.6) is 0 Å². The Morgan fingerprint density at radius 3 is 2.85 bits per heavy atom. The van der Waals surface area contributed by atoms with Crippen molar-refractivity contribution in [2.45, 2.75) is 0 Å². The SMILES string of the molecule is Cn1c(Nc2nc3ccc(C(=O)NCCO)cc3s2)nc2ccccc21. The van der Waals surface area contributed by atoms with Gasteiger partial charge in [0, 0.05) is 19.2 Å². The predicted octanol–water partition coefficient (Wildman–Crippen LogP) is 2.65. The molecule has 7 nitrogen and oxygen atoms in total. The second kappa shape index (κ2) is 6.74. The number of carbonyl (C=O) groups is 1. The molecule has 0 bridgehead atoms. The quantitative estimate of drug-likeness (QED) is 0.504. The fourth-order valence-electron chi connectivity index (χ4n) is 2.74. The van der Waals surface area contributed by atoms with E-state index in [4.69, 9.17) is 5.11 Å². The van der Waals surface area contributed by atoms with Crippen LogP contribution < -0.4 is 10.6 Å². The van der Waals surface area contributed by atoms with Gasteiger partial charge in [-0.05, 0) is 30.3 Å². The summed E-state index contributed by atoms with van der Waals surface area (Å²) in [5, 5.41) is 15.4. The lowest BCUT2D eigenvalue weighted by Gasteiger charge is -2.02. The maximum absolute atomic E-state index is 12.0. The van der Waals surface area contributed by atoms with Crippen LogP contribution in [0.25, 0.3) is 21.3 Å². The van der Waals surface area contributed by atoms with Gasteiger partial charge in [0.2, 0.25) is 5.95 Å². The number of imidazole rings is 1.